The number of para-hydroxylation sites is 1. The molecule has 0 radical (unpaired) electrons. The highest BCUT2D eigenvalue weighted by atomic mass is 19.4. The van der Waals surface area contributed by atoms with Gasteiger partial charge in [0.1, 0.15) is 5.82 Å². The van der Waals surface area contributed by atoms with Crippen molar-refractivity contribution in [1.29, 1.82) is 0 Å². The molecule has 0 bridgehead atoms. The van der Waals surface area contributed by atoms with Crippen molar-refractivity contribution < 1.29 is 18.0 Å². The molecular weight excluding hydrogens is 417 g/mol. The van der Waals surface area contributed by atoms with E-state index in [0.29, 0.717) is 43.2 Å². The Morgan fingerprint density at radius 3 is 2.38 bits per heavy atom. The number of alkyl halides is 3. The van der Waals surface area contributed by atoms with Gasteiger partial charge in [0.25, 0.3) is 5.91 Å². The van der Waals surface area contributed by atoms with Gasteiger partial charge in [-0.15, -0.1) is 0 Å². The minimum absolute atomic E-state index is 0.0880. The van der Waals surface area contributed by atoms with Gasteiger partial charge < -0.3 is 15.1 Å². The second-order valence-electron chi connectivity index (χ2n) is 8.32. The number of hydrogen-bond donors (Lipinski definition) is 1. The van der Waals surface area contributed by atoms with Crippen molar-refractivity contribution in [3.8, 4) is 0 Å². The lowest BCUT2D eigenvalue weighted by Gasteiger charge is -2.37. The number of aromatic nitrogens is 1. The Balaban J connectivity index is 1.36. The molecule has 2 aromatic carbocycles. The molecule has 3 aromatic rings. The van der Waals surface area contributed by atoms with Crippen molar-refractivity contribution in [2.75, 3.05) is 36.0 Å². The van der Waals surface area contributed by atoms with E-state index in [2.05, 4.69) is 10.2 Å². The average molecular weight is 440 g/mol. The molecule has 5 rings (SSSR count). The number of carbonyl (C=O) groups is 1. The quantitative estimate of drug-likeness (QED) is 0.650. The van der Waals surface area contributed by atoms with Gasteiger partial charge in [0.15, 0.2) is 0 Å². The molecule has 0 unspecified atom stereocenters. The summed E-state index contributed by atoms with van der Waals surface area (Å²) in [6, 6.07) is 15.1. The summed E-state index contributed by atoms with van der Waals surface area (Å²) in [5, 5.41) is 3.87. The fourth-order valence-corrected chi connectivity index (χ4v) is 4.07. The second kappa shape index (κ2) is 8.00. The zero-order valence-corrected chi connectivity index (χ0v) is 17.4. The topological polar surface area (TPSA) is 48.5 Å². The molecule has 1 aliphatic carbocycles. The van der Waals surface area contributed by atoms with Gasteiger partial charge in [0.2, 0.25) is 0 Å². The number of pyridine rings is 1. The largest absolute Gasteiger partial charge is 0.416 e. The van der Waals surface area contributed by atoms with Crippen LogP contribution >= 0.6 is 0 Å². The number of nitrogens with zero attached hydrogens (tertiary/aromatic N) is 3. The Kier molecular flexibility index (Phi) is 5.15. The van der Waals surface area contributed by atoms with Crippen molar-refractivity contribution in [3.05, 3.63) is 65.7 Å². The molecule has 1 saturated heterocycles. The highest BCUT2D eigenvalue weighted by molar-refractivity contribution is 6.07. The first-order chi connectivity index (χ1) is 15.4. The Bertz CT molecular complexity index is 1150. The van der Waals surface area contributed by atoms with Crippen molar-refractivity contribution >= 4 is 28.3 Å². The van der Waals surface area contributed by atoms with Gasteiger partial charge in [-0.3, -0.25) is 4.79 Å². The molecule has 1 N–H and O–H groups in total. The van der Waals surface area contributed by atoms with Crippen LogP contribution in [-0.4, -0.2) is 43.1 Å². The SMILES string of the molecule is O=C(NC1CC1)c1cc(N2CCN(c3cccc(C(F)(F)F)c3)CC2)nc2ccccc12. The maximum Gasteiger partial charge on any atom is 0.416 e. The molecule has 2 fully saturated rings. The standard InChI is InChI=1S/C24H23F3N4O/c25-24(26,27)16-4-3-5-18(14-16)30-10-12-31(13-11-30)22-15-20(23(32)28-17-8-9-17)19-6-1-2-7-21(19)29-22/h1-7,14-15,17H,8-13H2,(H,28,32). The van der Waals surface area contributed by atoms with Gasteiger partial charge in [-0.1, -0.05) is 24.3 Å². The number of anilines is 2. The Hall–Kier alpha value is -3.29. The monoisotopic (exact) mass is 440 g/mol. The number of hydrogen-bond acceptors (Lipinski definition) is 4. The Morgan fingerprint density at radius 1 is 0.938 bits per heavy atom. The molecule has 0 spiro atoms. The molecular formula is C24H23F3N4O. The number of nitrogens with one attached hydrogen (secondary N) is 1. The van der Waals surface area contributed by atoms with Crippen LogP contribution in [0.1, 0.15) is 28.8 Å². The van der Waals surface area contributed by atoms with E-state index in [1.807, 2.05) is 35.2 Å². The molecule has 166 valence electrons. The molecule has 1 amide bonds. The number of amides is 1. The first-order valence-electron chi connectivity index (χ1n) is 10.8. The van der Waals surface area contributed by atoms with Crippen LogP contribution in [0.2, 0.25) is 0 Å². The van der Waals surface area contributed by atoms with Crippen molar-refractivity contribution in [1.82, 2.24) is 10.3 Å². The van der Waals surface area contributed by atoms with Crippen molar-refractivity contribution in [2.45, 2.75) is 25.1 Å². The average Bonchev–Trinajstić information content (AvgIpc) is 3.62. The third-order valence-electron chi connectivity index (χ3n) is 6.00. The molecule has 1 saturated carbocycles. The van der Waals surface area contributed by atoms with Crippen LogP contribution in [-0.2, 0) is 6.18 Å². The number of benzene rings is 2. The van der Waals surface area contributed by atoms with E-state index in [1.165, 1.54) is 12.1 Å². The summed E-state index contributed by atoms with van der Waals surface area (Å²) in [5.41, 5.74) is 1.29. The third kappa shape index (κ3) is 4.22. The summed E-state index contributed by atoms with van der Waals surface area (Å²) in [6.07, 6.45) is -2.33. The summed E-state index contributed by atoms with van der Waals surface area (Å²) < 4.78 is 39.2. The smallest absolute Gasteiger partial charge is 0.368 e. The van der Waals surface area contributed by atoms with Crippen molar-refractivity contribution in [2.24, 2.45) is 0 Å². The summed E-state index contributed by atoms with van der Waals surface area (Å²) >= 11 is 0. The zero-order chi connectivity index (χ0) is 22.3. The van der Waals surface area contributed by atoms with Crippen LogP contribution in [0, 0.1) is 0 Å². The molecule has 1 aromatic heterocycles. The summed E-state index contributed by atoms with van der Waals surface area (Å²) in [7, 11) is 0. The van der Waals surface area contributed by atoms with Gasteiger partial charge >= 0.3 is 6.18 Å². The number of piperazine rings is 1. The summed E-state index contributed by atoms with van der Waals surface area (Å²) in [6.45, 7) is 2.34. The minimum atomic E-state index is -4.36. The van der Waals surface area contributed by atoms with Gasteiger partial charge in [0.05, 0.1) is 16.6 Å². The molecule has 5 nitrogen and oxygen atoms in total. The summed E-state index contributed by atoms with van der Waals surface area (Å²) in [4.78, 5) is 21.6. The lowest BCUT2D eigenvalue weighted by molar-refractivity contribution is -0.137. The predicted octanol–water partition coefficient (Wildman–Crippen LogP) is 4.47. The summed E-state index contributed by atoms with van der Waals surface area (Å²) in [5.74, 6) is 0.628. The lowest BCUT2D eigenvalue weighted by Crippen LogP contribution is -2.47. The zero-order valence-electron chi connectivity index (χ0n) is 17.4. The second-order valence-corrected chi connectivity index (χ2v) is 8.32. The van der Waals surface area contributed by atoms with Gasteiger partial charge in [-0.05, 0) is 43.2 Å². The van der Waals surface area contributed by atoms with Crippen LogP contribution < -0.4 is 15.1 Å². The first kappa shape index (κ1) is 20.6. The van der Waals surface area contributed by atoms with E-state index in [0.717, 1.165) is 29.8 Å². The van der Waals surface area contributed by atoms with E-state index >= 15 is 0 Å². The molecule has 2 aliphatic rings. The molecule has 8 heteroatoms. The molecule has 1 aliphatic heterocycles. The van der Waals surface area contributed by atoms with Crippen molar-refractivity contribution in [3.63, 3.8) is 0 Å². The van der Waals surface area contributed by atoms with Crippen LogP contribution in [0.25, 0.3) is 10.9 Å². The third-order valence-corrected chi connectivity index (χ3v) is 6.00. The maximum atomic E-state index is 13.1. The number of halogens is 3. The van der Waals surface area contributed by atoms with E-state index in [9.17, 15) is 18.0 Å². The number of rotatable bonds is 4. The Morgan fingerprint density at radius 2 is 1.66 bits per heavy atom. The normalized spacial score (nSPS) is 17.0. The fourth-order valence-electron chi connectivity index (χ4n) is 4.07. The van der Waals surface area contributed by atoms with Gasteiger partial charge in [0, 0.05) is 43.3 Å². The first-order valence-corrected chi connectivity index (χ1v) is 10.8. The highest BCUT2D eigenvalue weighted by Gasteiger charge is 2.31. The van der Waals surface area contributed by atoms with Crippen LogP contribution in [0.3, 0.4) is 0 Å². The number of carbonyl (C=O) groups excluding carboxylic acids is 1. The predicted molar refractivity (Wildman–Crippen MR) is 118 cm³/mol. The van der Waals surface area contributed by atoms with Gasteiger partial charge in [-0.25, -0.2) is 4.98 Å². The highest BCUT2D eigenvalue weighted by Crippen LogP contribution is 2.32. The van der Waals surface area contributed by atoms with E-state index in [1.54, 1.807) is 6.07 Å². The van der Waals surface area contributed by atoms with Crippen LogP contribution in [0.4, 0.5) is 24.7 Å². The number of fused-ring (bicyclic) bond motifs is 1. The molecule has 2 heterocycles. The molecule has 0 atom stereocenters. The lowest BCUT2D eigenvalue weighted by atomic mass is 10.1. The van der Waals surface area contributed by atoms with E-state index in [-0.39, 0.29) is 11.9 Å². The van der Waals surface area contributed by atoms with Crippen LogP contribution in [0.15, 0.2) is 54.6 Å². The van der Waals surface area contributed by atoms with Crippen LogP contribution in [0.5, 0.6) is 0 Å². The molecule has 32 heavy (non-hydrogen) atoms. The van der Waals surface area contributed by atoms with E-state index in [4.69, 9.17) is 4.98 Å². The Labute approximate surface area is 183 Å². The maximum absolute atomic E-state index is 13.1. The fraction of sp³-hybridized carbons (Fsp3) is 0.333. The van der Waals surface area contributed by atoms with E-state index < -0.39 is 11.7 Å². The van der Waals surface area contributed by atoms with Gasteiger partial charge in [-0.2, -0.15) is 13.2 Å². The minimum Gasteiger partial charge on any atom is -0.368 e.